The zero-order valence-corrected chi connectivity index (χ0v) is 12.1. The van der Waals surface area contributed by atoms with Gasteiger partial charge in [0, 0.05) is 13.1 Å². The Balaban J connectivity index is 2.21. The van der Waals surface area contributed by atoms with Crippen LogP contribution in [0.15, 0.2) is 24.3 Å². The van der Waals surface area contributed by atoms with E-state index in [9.17, 15) is 4.79 Å². The predicted molar refractivity (Wildman–Crippen MR) is 76.6 cm³/mol. The van der Waals surface area contributed by atoms with E-state index in [1.165, 1.54) is 6.42 Å². The molecule has 0 radical (unpaired) electrons. The normalized spacial score (nSPS) is 16.3. The summed E-state index contributed by atoms with van der Waals surface area (Å²) in [6.45, 7) is 7.71. The molecule has 2 rings (SSSR count). The fraction of sp³-hybridized carbons (Fsp3) is 0.562. The zero-order chi connectivity index (χ0) is 13.9. The maximum absolute atomic E-state index is 12.6. The smallest absolute Gasteiger partial charge is 0.257 e. The topological polar surface area (TPSA) is 29.5 Å². The van der Waals surface area contributed by atoms with Gasteiger partial charge in [-0.25, -0.2) is 0 Å². The molecule has 3 heteroatoms. The van der Waals surface area contributed by atoms with Gasteiger partial charge in [0.05, 0.1) is 5.56 Å². The second kappa shape index (κ2) is 5.64. The van der Waals surface area contributed by atoms with Gasteiger partial charge in [-0.1, -0.05) is 12.1 Å². The molecule has 1 heterocycles. The van der Waals surface area contributed by atoms with E-state index in [1.807, 2.05) is 49.9 Å². The highest BCUT2D eigenvalue weighted by Crippen LogP contribution is 2.25. The minimum Gasteiger partial charge on any atom is -0.487 e. The number of benzene rings is 1. The van der Waals surface area contributed by atoms with E-state index in [2.05, 4.69) is 0 Å². The van der Waals surface area contributed by atoms with Gasteiger partial charge in [0.25, 0.3) is 5.91 Å². The standard InChI is InChI=1S/C16H23NO2/c1-16(2,3)19-14-10-6-5-9-13(14)15(18)17-11-7-4-8-12-17/h5-6,9-10H,4,7-8,11-12H2,1-3H3. The lowest BCUT2D eigenvalue weighted by atomic mass is 10.1. The molecule has 1 amide bonds. The number of para-hydroxylation sites is 1. The highest BCUT2D eigenvalue weighted by atomic mass is 16.5. The highest BCUT2D eigenvalue weighted by Gasteiger charge is 2.23. The fourth-order valence-electron chi connectivity index (χ4n) is 2.33. The number of likely N-dealkylation sites (tertiary alicyclic amines) is 1. The summed E-state index contributed by atoms with van der Waals surface area (Å²) in [5.41, 5.74) is 0.387. The van der Waals surface area contributed by atoms with Gasteiger partial charge in [0.15, 0.2) is 0 Å². The first-order chi connectivity index (χ1) is 8.97. The zero-order valence-electron chi connectivity index (χ0n) is 12.1. The van der Waals surface area contributed by atoms with Crippen molar-refractivity contribution >= 4 is 5.91 Å². The maximum atomic E-state index is 12.6. The summed E-state index contributed by atoms with van der Waals surface area (Å²) in [5.74, 6) is 0.783. The van der Waals surface area contributed by atoms with Crippen LogP contribution in [0.25, 0.3) is 0 Å². The first-order valence-corrected chi connectivity index (χ1v) is 7.05. The summed E-state index contributed by atoms with van der Waals surface area (Å²) in [4.78, 5) is 14.5. The van der Waals surface area contributed by atoms with E-state index in [0.29, 0.717) is 11.3 Å². The van der Waals surface area contributed by atoms with Crippen LogP contribution in [0.2, 0.25) is 0 Å². The van der Waals surface area contributed by atoms with Crippen LogP contribution in [0.5, 0.6) is 5.75 Å². The molecular weight excluding hydrogens is 238 g/mol. The van der Waals surface area contributed by atoms with Crippen LogP contribution in [0.3, 0.4) is 0 Å². The van der Waals surface area contributed by atoms with E-state index in [0.717, 1.165) is 25.9 Å². The van der Waals surface area contributed by atoms with Crippen molar-refractivity contribution in [2.45, 2.75) is 45.6 Å². The Morgan fingerprint density at radius 2 is 1.74 bits per heavy atom. The molecule has 0 aromatic heterocycles. The number of rotatable bonds is 2. The number of piperidine rings is 1. The molecule has 0 unspecified atom stereocenters. The summed E-state index contributed by atoms with van der Waals surface area (Å²) >= 11 is 0. The van der Waals surface area contributed by atoms with Crippen LogP contribution in [0.4, 0.5) is 0 Å². The first-order valence-electron chi connectivity index (χ1n) is 7.05. The van der Waals surface area contributed by atoms with E-state index in [1.54, 1.807) is 0 Å². The number of ether oxygens (including phenoxy) is 1. The number of carbonyl (C=O) groups is 1. The molecule has 1 fully saturated rings. The van der Waals surface area contributed by atoms with Crippen LogP contribution in [-0.4, -0.2) is 29.5 Å². The number of nitrogens with zero attached hydrogens (tertiary/aromatic N) is 1. The lowest BCUT2D eigenvalue weighted by Crippen LogP contribution is -2.36. The van der Waals surface area contributed by atoms with Gasteiger partial charge in [-0.15, -0.1) is 0 Å². The third-order valence-electron chi connectivity index (χ3n) is 3.18. The molecule has 0 aliphatic carbocycles. The molecule has 1 aliphatic rings. The average Bonchev–Trinajstić information content (AvgIpc) is 2.38. The molecule has 0 atom stereocenters. The van der Waals surface area contributed by atoms with E-state index < -0.39 is 0 Å². The van der Waals surface area contributed by atoms with Crippen LogP contribution < -0.4 is 4.74 Å². The van der Waals surface area contributed by atoms with E-state index in [4.69, 9.17) is 4.74 Å². The Morgan fingerprint density at radius 3 is 2.37 bits per heavy atom. The van der Waals surface area contributed by atoms with Crippen molar-refractivity contribution in [2.24, 2.45) is 0 Å². The summed E-state index contributed by atoms with van der Waals surface area (Å²) in [6, 6.07) is 7.54. The molecular formula is C16H23NO2. The minimum atomic E-state index is -0.293. The second-order valence-electron chi connectivity index (χ2n) is 6.06. The Kier molecular flexibility index (Phi) is 4.13. The highest BCUT2D eigenvalue weighted by molar-refractivity contribution is 5.97. The molecule has 1 aromatic rings. The van der Waals surface area contributed by atoms with Crippen molar-refractivity contribution in [3.63, 3.8) is 0 Å². The summed E-state index contributed by atoms with van der Waals surface area (Å²) in [7, 11) is 0. The van der Waals surface area contributed by atoms with Gasteiger partial charge in [-0.05, 0) is 52.2 Å². The van der Waals surface area contributed by atoms with Crippen molar-refractivity contribution in [3.8, 4) is 5.75 Å². The van der Waals surface area contributed by atoms with Crippen LogP contribution >= 0.6 is 0 Å². The summed E-state index contributed by atoms with van der Waals surface area (Å²) in [6.07, 6.45) is 3.44. The lowest BCUT2D eigenvalue weighted by Gasteiger charge is -2.28. The molecule has 0 bridgehead atoms. The van der Waals surface area contributed by atoms with Gasteiger partial charge >= 0.3 is 0 Å². The molecule has 1 saturated heterocycles. The van der Waals surface area contributed by atoms with E-state index in [-0.39, 0.29) is 11.5 Å². The quantitative estimate of drug-likeness (QED) is 0.815. The number of hydrogen-bond acceptors (Lipinski definition) is 2. The van der Waals surface area contributed by atoms with Gasteiger partial charge in [-0.2, -0.15) is 0 Å². The van der Waals surface area contributed by atoms with Crippen molar-refractivity contribution < 1.29 is 9.53 Å². The van der Waals surface area contributed by atoms with Gasteiger partial charge in [-0.3, -0.25) is 4.79 Å². The first kappa shape index (κ1) is 13.9. The Labute approximate surface area is 115 Å². The Hall–Kier alpha value is -1.51. The second-order valence-corrected chi connectivity index (χ2v) is 6.06. The summed E-state index contributed by atoms with van der Waals surface area (Å²) < 4.78 is 5.90. The molecule has 3 nitrogen and oxygen atoms in total. The fourth-order valence-corrected chi connectivity index (χ4v) is 2.33. The van der Waals surface area contributed by atoms with Crippen molar-refractivity contribution in [1.29, 1.82) is 0 Å². The van der Waals surface area contributed by atoms with Crippen LogP contribution in [-0.2, 0) is 0 Å². The average molecular weight is 261 g/mol. The maximum Gasteiger partial charge on any atom is 0.257 e. The van der Waals surface area contributed by atoms with Gasteiger partial charge in [0.2, 0.25) is 0 Å². The molecule has 104 valence electrons. The predicted octanol–water partition coefficient (Wildman–Crippen LogP) is 3.49. The van der Waals surface area contributed by atoms with Crippen molar-refractivity contribution in [2.75, 3.05) is 13.1 Å². The van der Waals surface area contributed by atoms with Crippen molar-refractivity contribution in [3.05, 3.63) is 29.8 Å². The lowest BCUT2D eigenvalue weighted by molar-refractivity contribution is 0.0708. The molecule has 0 spiro atoms. The molecule has 1 aliphatic heterocycles. The van der Waals surface area contributed by atoms with Crippen molar-refractivity contribution in [1.82, 2.24) is 4.90 Å². The van der Waals surface area contributed by atoms with Gasteiger partial charge in [0.1, 0.15) is 11.4 Å². The largest absolute Gasteiger partial charge is 0.487 e. The number of hydrogen-bond donors (Lipinski definition) is 0. The molecule has 19 heavy (non-hydrogen) atoms. The van der Waals surface area contributed by atoms with E-state index >= 15 is 0 Å². The number of amides is 1. The van der Waals surface area contributed by atoms with Crippen LogP contribution in [0, 0.1) is 0 Å². The molecule has 0 N–H and O–H groups in total. The molecule has 1 aromatic carbocycles. The third kappa shape index (κ3) is 3.72. The number of carbonyl (C=O) groups excluding carboxylic acids is 1. The SMILES string of the molecule is CC(C)(C)Oc1ccccc1C(=O)N1CCCCC1. The van der Waals surface area contributed by atoms with Gasteiger partial charge < -0.3 is 9.64 Å². The summed E-state index contributed by atoms with van der Waals surface area (Å²) in [5, 5.41) is 0. The minimum absolute atomic E-state index is 0.0968. The molecule has 0 saturated carbocycles. The Bertz CT molecular complexity index is 442. The third-order valence-corrected chi connectivity index (χ3v) is 3.18. The monoisotopic (exact) mass is 261 g/mol. The Morgan fingerprint density at radius 1 is 1.11 bits per heavy atom. The van der Waals surface area contributed by atoms with Crippen LogP contribution in [0.1, 0.15) is 50.4 Å².